The Morgan fingerprint density at radius 3 is 2.55 bits per heavy atom. The number of amides is 2. The molecule has 0 unspecified atom stereocenters. The van der Waals surface area contributed by atoms with Crippen LogP contribution in [0.2, 0.25) is 10.0 Å². The number of hydrazone groups is 1. The largest absolute Gasteiger partial charge is 0.337 e. The zero-order valence-corrected chi connectivity index (χ0v) is 18.6. The first-order valence-electron chi connectivity index (χ1n) is 9.82. The fourth-order valence-electron chi connectivity index (χ4n) is 3.29. The lowest BCUT2D eigenvalue weighted by molar-refractivity contribution is -0.116. The molecular formula is C24H17Cl2FN4O2. The number of carbonyl (C=O) groups excluding carboxylic acids is 2. The second kappa shape index (κ2) is 9.85. The smallest absolute Gasteiger partial charge is 0.272 e. The lowest BCUT2D eigenvalue weighted by Gasteiger charge is -2.07. The Morgan fingerprint density at radius 1 is 1.03 bits per heavy atom. The Bertz CT molecular complexity index is 1370. The van der Waals surface area contributed by atoms with E-state index in [0.29, 0.717) is 16.3 Å². The molecule has 4 aromatic rings. The molecule has 0 saturated heterocycles. The van der Waals surface area contributed by atoms with E-state index in [0.717, 1.165) is 10.9 Å². The number of hydrogen-bond acceptors (Lipinski definition) is 3. The topological polar surface area (TPSA) is 75.5 Å². The quantitative estimate of drug-likeness (QED) is 0.281. The van der Waals surface area contributed by atoms with E-state index in [1.165, 1.54) is 42.6 Å². The predicted molar refractivity (Wildman–Crippen MR) is 128 cm³/mol. The number of fused-ring (bicyclic) bond motifs is 1. The Hall–Kier alpha value is -3.68. The first-order chi connectivity index (χ1) is 15.9. The first-order valence-corrected chi connectivity index (χ1v) is 10.6. The van der Waals surface area contributed by atoms with Gasteiger partial charge in [-0.05, 0) is 48.5 Å². The number of aromatic nitrogens is 1. The van der Waals surface area contributed by atoms with Crippen molar-refractivity contribution in [2.45, 2.75) is 6.54 Å². The van der Waals surface area contributed by atoms with Gasteiger partial charge in [0, 0.05) is 33.4 Å². The van der Waals surface area contributed by atoms with Gasteiger partial charge in [-0.1, -0.05) is 41.4 Å². The molecule has 1 aromatic heterocycles. The molecular weight excluding hydrogens is 466 g/mol. The van der Waals surface area contributed by atoms with Gasteiger partial charge in [-0.15, -0.1) is 0 Å². The third-order valence-electron chi connectivity index (χ3n) is 4.81. The minimum atomic E-state index is -0.477. The molecule has 33 heavy (non-hydrogen) atoms. The van der Waals surface area contributed by atoms with Crippen LogP contribution in [0.5, 0.6) is 0 Å². The van der Waals surface area contributed by atoms with Crippen LogP contribution in [0.4, 0.5) is 10.1 Å². The van der Waals surface area contributed by atoms with Crippen LogP contribution >= 0.6 is 23.2 Å². The molecule has 0 fully saturated rings. The molecule has 0 aliphatic heterocycles. The number of hydrogen-bond donors (Lipinski definition) is 2. The summed E-state index contributed by atoms with van der Waals surface area (Å²) in [6.07, 6.45) is 3.26. The lowest BCUT2D eigenvalue weighted by Crippen LogP contribution is -2.18. The molecule has 2 N–H and O–H groups in total. The second-order valence-corrected chi connectivity index (χ2v) is 7.95. The number of anilines is 1. The third-order valence-corrected chi connectivity index (χ3v) is 5.35. The molecule has 9 heteroatoms. The van der Waals surface area contributed by atoms with Gasteiger partial charge in [0.15, 0.2) is 0 Å². The number of nitrogens with zero attached hydrogens (tertiary/aromatic N) is 2. The highest BCUT2D eigenvalue weighted by Gasteiger charge is 2.12. The SMILES string of the molecule is O=C(Cn1cc(/C=N/NC(=O)c2ccc(Cl)cc2Cl)c2ccccc21)Nc1ccc(F)cc1. The van der Waals surface area contributed by atoms with Crippen LogP contribution in [0.3, 0.4) is 0 Å². The van der Waals surface area contributed by atoms with Gasteiger partial charge in [0.25, 0.3) is 5.91 Å². The molecule has 4 rings (SSSR count). The number of nitrogens with one attached hydrogen (secondary N) is 2. The summed E-state index contributed by atoms with van der Waals surface area (Å²) in [4.78, 5) is 24.8. The fourth-order valence-corrected chi connectivity index (χ4v) is 3.79. The summed E-state index contributed by atoms with van der Waals surface area (Å²) >= 11 is 11.9. The van der Waals surface area contributed by atoms with Gasteiger partial charge >= 0.3 is 0 Å². The average Bonchev–Trinajstić information content (AvgIpc) is 3.12. The number of rotatable bonds is 6. The zero-order valence-electron chi connectivity index (χ0n) is 17.1. The molecule has 2 amide bonds. The Kier molecular flexibility index (Phi) is 6.72. The molecule has 0 bridgehead atoms. The van der Waals surface area contributed by atoms with Crippen molar-refractivity contribution >= 4 is 57.8 Å². The number of benzene rings is 3. The Labute approximate surface area is 198 Å². The van der Waals surface area contributed by atoms with Gasteiger partial charge in [-0.2, -0.15) is 5.10 Å². The van der Waals surface area contributed by atoms with Gasteiger partial charge in [-0.25, -0.2) is 9.82 Å². The molecule has 1 heterocycles. The lowest BCUT2D eigenvalue weighted by atomic mass is 10.2. The van der Waals surface area contributed by atoms with Crippen molar-refractivity contribution in [3.8, 4) is 0 Å². The van der Waals surface area contributed by atoms with E-state index < -0.39 is 5.91 Å². The van der Waals surface area contributed by atoms with E-state index in [9.17, 15) is 14.0 Å². The molecule has 0 atom stereocenters. The van der Waals surface area contributed by atoms with Crippen LogP contribution in [0, 0.1) is 5.82 Å². The van der Waals surface area contributed by atoms with Crippen molar-refractivity contribution in [2.24, 2.45) is 5.10 Å². The first kappa shape index (κ1) is 22.5. The van der Waals surface area contributed by atoms with Crippen molar-refractivity contribution in [3.05, 3.63) is 99.9 Å². The Morgan fingerprint density at radius 2 is 1.79 bits per heavy atom. The number of halogens is 3. The van der Waals surface area contributed by atoms with Gasteiger partial charge < -0.3 is 9.88 Å². The van der Waals surface area contributed by atoms with E-state index in [4.69, 9.17) is 23.2 Å². The molecule has 0 saturated carbocycles. The minimum Gasteiger partial charge on any atom is -0.337 e. The van der Waals surface area contributed by atoms with E-state index in [2.05, 4.69) is 15.8 Å². The van der Waals surface area contributed by atoms with E-state index in [-0.39, 0.29) is 28.9 Å². The summed E-state index contributed by atoms with van der Waals surface area (Å²) < 4.78 is 14.8. The summed E-state index contributed by atoms with van der Waals surface area (Å²) in [5.74, 6) is -1.12. The van der Waals surface area contributed by atoms with Gasteiger partial charge in [-0.3, -0.25) is 9.59 Å². The van der Waals surface area contributed by atoms with Crippen molar-refractivity contribution in [2.75, 3.05) is 5.32 Å². The van der Waals surface area contributed by atoms with Crippen molar-refractivity contribution in [1.29, 1.82) is 0 Å². The summed E-state index contributed by atoms with van der Waals surface area (Å²) in [6.45, 7) is 0.0402. The third kappa shape index (κ3) is 5.39. The standard InChI is InChI=1S/C24H17Cl2FN4O2/c25-16-5-10-20(21(26)11-16)24(33)30-28-12-15-13-31(22-4-2-1-3-19(15)22)14-23(32)29-18-8-6-17(27)7-9-18/h1-13H,14H2,(H,29,32)(H,30,33)/b28-12+. The van der Waals surface area contributed by atoms with E-state index in [1.807, 2.05) is 24.3 Å². The van der Waals surface area contributed by atoms with Crippen LogP contribution in [-0.2, 0) is 11.3 Å². The predicted octanol–water partition coefficient (Wildman–Crippen LogP) is 5.49. The summed E-state index contributed by atoms with van der Waals surface area (Å²) in [7, 11) is 0. The van der Waals surface area contributed by atoms with Gasteiger partial charge in [0.05, 0.1) is 16.8 Å². The molecule has 3 aromatic carbocycles. The van der Waals surface area contributed by atoms with Crippen LogP contribution < -0.4 is 10.7 Å². The fraction of sp³-hybridized carbons (Fsp3) is 0.0417. The van der Waals surface area contributed by atoms with E-state index in [1.54, 1.807) is 16.8 Å². The molecule has 6 nitrogen and oxygen atoms in total. The molecule has 0 aliphatic rings. The maximum absolute atomic E-state index is 13.1. The van der Waals surface area contributed by atoms with Crippen molar-refractivity contribution < 1.29 is 14.0 Å². The van der Waals surface area contributed by atoms with E-state index >= 15 is 0 Å². The highest BCUT2D eigenvalue weighted by atomic mass is 35.5. The normalized spacial score (nSPS) is 11.1. The summed E-state index contributed by atoms with van der Waals surface area (Å²) in [5.41, 5.74) is 4.73. The number of carbonyl (C=O) groups is 2. The van der Waals surface area contributed by atoms with Crippen LogP contribution in [0.15, 0.2) is 78.0 Å². The summed E-state index contributed by atoms with van der Waals surface area (Å²) in [5, 5.41) is 8.28. The van der Waals surface area contributed by atoms with Crippen LogP contribution in [0.1, 0.15) is 15.9 Å². The second-order valence-electron chi connectivity index (χ2n) is 7.11. The summed E-state index contributed by atoms with van der Waals surface area (Å²) in [6, 6.07) is 17.6. The highest BCUT2D eigenvalue weighted by molar-refractivity contribution is 6.36. The minimum absolute atomic E-state index is 0.0402. The highest BCUT2D eigenvalue weighted by Crippen LogP contribution is 2.22. The molecule has 0 aliphatic carbocycles. The van der Waals surface area contributed by atoms with Crippen molar-refractivity contribution in [3.63, 3.8) is 0 Å². The molecule has 166 valence electrons. The maximum atomic E-state index is 13.1. The number of para-hydroxylation sites is 1. The van der Waals surface area contributed by atoms with Crippen molar-refractivity contribution in [1.82, 2.24) is 9.99 Å². The van der Waals surface area contributed by atoms with Crippen LogP contribution in [-0.4, -0.2) is 22.6 Å². The van der Waals surface area contributed by atoms with Gasteiger partial charge in [0.1, 0.15) is 12.4 Å². The monoisotopic (exact) mass is 482 g/mol. The molecule has 0 spiro atoms. The molecule has 0 radical (unpaired) electrons. The average molecular weight is 483 g/mol. The Balaban J connectivity index is 1.50. The van der Waals surface area contributed by atoms with Gasteiger partial charge in [0.2, 0.25) is 5.91 Å². The maximum Gasteiger partial charge on any atom is 0.272 e. The zero-order chi connectivity index (χ0) is 23.4. The van der Waals surface area contributed by atoms with Crippen LogP contribution in [0.25, 0.3) is 10.9 Å².